The average Bonchev–Trinajstić information content (AvgIpc) is 2.42. The Kier molecular flexibility index (Phi) is 3.69. The first kappa shape index (κ1) is 14.2. The number of ether oxygens (including phenoxy) is 1. The molecule has 0 radical (unpaired) electrons. The molecule has 1 unspecified atom stereocenters. The Labute approximate surface area is 128 Å². The first-order valence-corrected chi connectivity index (χ1v) is 7.69. The number of carbonyl (C=O) groups excluding carboxylic acids is 1. The zero-order chi connectivity index (χ0) is 14.3. The molecule has 0 amide bonds. The van der Waals surface area contributed by atoms with Gasteiger partial charge in [0.05, 0.1) is 21.3 Å². The molecule has 20 heavy (non-hydrogen) atoms. The summed E-state index contributed by atoms with van der Waals surface area (Å²) in [4.78, 5) is 12.6. The molecule has 1 heterocycles. The number of Topliss-reactive ketones (excluding diaryl/α,β-unsaturated/α-hetero) is 1. The van der Waals surface area contributed by atoms with E-state index < -0.39 is 0 Å². The first-order valence-electron chi connectivity index (χ1n) is 6.93. The molecule has 1 aromatic carbocycles. The SMILES string of the molecule is Nc1c(Cl)cc(C(=O)C2CCOC3(CCC3)C2)cc1Cl. The minimum Gasteiger partial charge on any atom is -0.396 e. The lowest BCUT2D eigenvalue weighted by Crippen LogP contribution is -2.47. The van der Waals surface area contributed by atoms with E-state index in [1.54, 1.807) is 12.1 Å². The molecule has 1 aliphatic carbocycles. The topological polar surface area (TPSA) is 52.3 Å². The summed E-state index contributed by atoms with van der Waals surface area (Å²) in [7, 11) is 0. The van der Waals surface area contributed by atoms with E-state index in [-0.39, 0.29) is 17.3 Å². The van der Waals surface area contributed by atoms with E-state index in [0.717, 1.165) is 25.7 Å². The lowest BCUT2D eigenvalue weighted by atomic mass is 9.70. The van der Waals surface area contributed by atoms with E-state index in [1.807, 2.05) is 0 Å². The van der Waals surface area contributed by atoms with Gasteiger partial charge in [-0.25, -0.2) is 0 Å². The van der Waals surface area contributed by atoms with Crippen molar-refractivity contribution in [2.75, 3.05) is 12.3 Å². The minimum atomic E-state index is -0.0417. The van der Waals surface area contributed by atoms with Gasteiger partial charge in [0.25, 0.3) is 0 Å². The third-order valence-electron chi connectivity index (χ3n) is 4.49. The largest absolute Gasteiger partial charge is 0.396 e. The third-order valence-corrected chi connectivity index (χ3v) is 5.12. The van der Waals surface area contributed by atoms with Crippen LogP contribution in [0.5, 0.6) is 0 Å². The Balaban J connectivity index is 1.81. The summed E-state index contributed by atoms with van der Waals surface area (Å²) < 4.78 is 5.86. The van der Waals surface area contributed by atoms with E-state index >= 15 is 0 Å². The van der Waals surface area contributed by atoms with Gasteiger partial charge in [-0.05, 0) is 44.2 Å². The predicted octanol–water partition coefficient (Wildman–Crippen LogP) is 4.11. The number of benzene rings is 1. The van der Waals surface area contributed by atoms with E-state index in [4.69, 9.17) is 33.7 Å². The van der Waals surface area contributed by atoms with Crippen molar-refractivity contribution in [1.29, 1.82) is 0 Å². The standard InChI is InChI=1S/C15H17Cl2NO2/c16-11-6-10(7-12(17)13(11)18)14(19)9-2-5-20-15(8-9)3-1-4-15/h6-7,9H,1-5,8,18H2. The van der Waals surface area contributed by atoms with Crippen molar-refractivity contribution >= 4 is 34.7 Å². The Morgan fingerprint density at radius 3 is 2.50 bits per heavy atom. The maximum absolute atomic E-state index is 12.6. The van der Waals surface area contributed by atoms with Crippen LogP contribution in [-0.4, -0.2) is 18.0 Å². The Morgan fingerprint density at radius 1 is 1.30 bits per heavy atom. The third kappa shape index (κ3) is 2.43. The normalized spacial score (nSPS) is 24.4. The Morgan fingerprint density at radius 2 is 1.95 bits per heavy atom. The van der Waals surface area contributed by atoms with Gasteiger partial charge in [0, 0.05) is 18.1 Å². The number of carbonyl (C=O) groups is 1. The Hall–Kier alpha value is -0.770. The van der Waals surface area contributed by atoms with Gasteiger partial charge in [-0.15, -0.1) is 0 Å². The zero-order valence-electron chi connectivity index (χ0n) is 11.1. The highest BCUT2D eigenvalue weighted by atomic mass is 35.5. The van der Waals surface area contributed by atoms with Gasteiger partial charge in [0.2, 0.25) is 0 Å². The van der Waals surface area contributed by atoms with Crippen molar-refractivity contribution < 1.29 is 9.53 Å². The number of hydrogen-bond donors (Lipinski definition) is 1. The Bertz CT molecular complexity index is 532. The molecule has 1 saturated carbocycles. The predicted molar refractivity (Wildman–Crippen MR) is 80.5 cm³/mol. The van der Waals surface area contributed by atoms with E-state index in [9.17, 15) is 4.79 Å². The van der Waals surface area contributed by atoms with Crippen LogP contribution in [0.15, 0.2) is 12.1 Å². The van der Waals surface area contributed by atoms with E-state index in [2.05, 4.69) is 0 Å². The van der Waals surface area contributed by atoms with Crippen LogP contribution in [0.1, 0.15) is 42.5 Å². The lowest BCUT2D eigenvalue weighted by Gasteiger charge is -2.46. The van der Waals surface area contributed by atoms with Crippen LogP contribution in [0, 0.1) is 5.92 Å². The van der Waals surface area contributed by atoms with Gasteiger partial charge >= 0.3 is 0 Å². The molecular weight excluding hydrogens is 297 g/mol. The van der Waals surface area contributed by atoms with Crippen LogP contribution < -0.4 is 5.73 Å². The highest BCUT2D eigenvalue weighted by Crippen LogP contribution is 2.45. The molecule has 1 saturated heterocycles. The first-order chi connectivity index (χ1) is 9.51. The van der Waals surface area contributed by atoms with Crippen molar-refractivity contribution in [2.45, 2.75) is 37.7 Å². The maximum Gasteiger partial charge on any atom is 0.166 e. The zero-order valence-corrected chi connectivity index (χ0v) is 12.6. The van der Waals surface area contributed by atoms with Crippen LogP contribution in [0.3, 0.4) is 0 Å². The van der Waals surface area contributed by atoms with Crippen molar-refractivity contribution in [3.05, 3.63) is 27.7 Å². The second-order valence-corrected chi connectivity index (χ2v) is 6.61. The van der Waals surface area contributed by atoms with Crippen molar-refractivity contribution in [2.24, 2.45) is 5.92 Å². The summed E-state index contributed by atoms with van der Waals surface area (Å²) in [5.41, 5.74) is 6.54. The summed E-state index contributed by atoms with van der Waals surface area (Å²) >= 11 is 12.0. The molecule has 1 aromatic rings. The van der Waals surface area contributed by atoms with Crippen LogP contribution in [0.4, 0.5) is 5.69 Å². The number of ketones is 1. The molecule has 0 aromatic heterocycles. The van der Waals surface area contributed by atoms with Crippen LogP contribution in [0.2, 0.25) is 10.0 Å². The number of anilines is 1. The molecule has 1 atom stereocenters. The number of nitrogens with two attached hydrogens (primary N) is 1. The number of nitrogen functional groups attached to an aromatic ring is 1. The summed E-state index contributed by atoms with van der Waals surface area (Å²) in [5.74, 6) is 0.100. The van der Waals surface area contributed by atoms with Gasteiger partial charge in [0.1, 0.15) is 0 Å². The van der Waals surface area contributed by atoms with Gasteiger partial charge in [-0.1, -0.05) is 23.2 Å². The monoisotopic (exact) mass is 313 g/mol. The summed E-state index contributed by atoms with van der Waals surface area (Å²) in [6.45, 7) is 0.660. The smallest absolute Gasteiger partial charge is 0.166 e. The van der Waals surface area contributed by atoms with Crippen molar-refractivity contribution in [3.8, 4) is 0 Å². The quantitative estimate of drug-likeness (QED) is 0.660. The minimum absolute atomic E-state index is 0.000178. The number of halogens is 2. The van der Waals surface area contributed by atoms with Crippen LogP contribution in [0.25, 0.3) is 0 Å². The second kappa shape index (κ2) is 5.21. The van der Waals surface area contributed by atoms with E-state index in [0.29, 0.717) is 27.9 Å². The molecule has 2 fully saturated rings. The van der Waals surface area contributed by atoms with Crippen molar-refractivity contribution in [1.82, 2.24) is 0 Å². The lowest BCUT2D eigenvalue weighted by molar-refractivity contribution is -0.137. The molecule has 1 aliphatic heterocycles. The van der Waals surface area contributed by atoms with Gasteiger partial charge in [-0.2, -0.15) is 0 Å². The van der Waals surface area contributed by atoms with Gasteiger partial charge in [0.15, 0.2) is 5.78 Å². The number of rotatable bonds is 2. The molecule has 0 bridgehead atoms. The molecule has 3 nitrogen and oxygen atoms in total. The fourth-order valence-corrected chi connectivity index (χ4v) is 3.62. The summed E-state index contributed by atoms with van der Waals surface area (Å²) in [6, 6.07) is 3.24. The van der Waals surface area contributed by atoms with Crippen molar-refractivity contribution in [3.63, 3.8) is 0 Å². The molecule has 2 N–H and O–H groups in total. The second-order valence-electron chi connectivity index (χ2n) is 5.79. The highest BCUT2D eigenvalue weighted by molar-refractivity contribution is 6.39. The maximum atomic E-state index is 12.6. The molecule has 5 heteroatoms. The molecule has 108 valence electrons. The molecule has 1 spiro atoms. The fourth-order valence-electron chi connectivity index (χ4n) is 3.13. The molecule has 3 rings (SSSR count). The summed E-state index contributed by atoms with van der Waals surface area (Å²) in [6.07, 6.45) is 4.91. The molecular formula is C15H17Cl2NO2. The summed E-state index contributed by atoms with van der Waals surface area (Å²) in [5, 5.41) is 0.678. The number of hydrogen-bond acceptors (Lipinski definition) is 3. The van der Waals surface area contributed by atoms with Gasteiger partial charge in [-0.3, -0.25) is 4.79 Å². The molecule has 2 aliphatic rings. The van der Waals surface area contributed by atoms with E-state index in [1.165, 1.54) is 6.42 Å². The van der Waals surface area contributed by atoms with Gasteiger partial charge < -0.3 is 10.5 Å². The van der Waals surface area contributed by atoms with Crippen LogP contribution >= 0.6 is 23.2 Å². The highest BCUT2D eigenvalue weighted by Gasteiger charge is 2.44. The average molecular weight is 314 g/mol. The van der Waals surface area contributed by atoms with Crippen LogP contribution in [-0.2, 0) is 4.74 Å². The fraction of sp³-hybridized carbons (Fsp3) is 0.533.